The Balaban J connectivity index is 2.89. The van der Waals surface area contributed by atoms with Crippen LogP contribution in [0.15, 0.2) is 18.2 Å². The normalized spacial score (nSPS) is 12.3. The fraction of sp³-hybridized carbons (Fsp3) is 0.538. The second-order valence-electron chi connectivity index (χ2n) is 4.21. The molecule has 0 heterocycles. The molecule has 0 bridgehead atoms. The van der Waals surface area contributed by atoms with Crippen molar-refractivity contribution in [2.24, 2.45) is 5.73 Å². The van der Waals surface area contributed by atoms with Crippen molar-refractivity contribution in [2.45, 2.75) is 26.3 Å². The van der Waals surface area contributed by atoms with Crippen molar-refractivity contribution < 1.29 is 4.74 Å². The number of benzene rings is 1. The first-order valence-corrected chi connectivity index (χ1v) is 5.72. The summed E-state index contributed by atoms with van der Waals surface area (Å²) in [5.41, 5.74) is 8.21. The first kappa shape index (κ1) is 12.8. The van der Waals surface area contributed by atoms with E-state index in [1.807, 2.05) is 13.0 Å². The highest BCUT2D eigenvalue weighted by molar-refractivity contribution is 5.52. The van der Waals surface area contributed by atoms with Gasteiger partial charge in [-0.1, -0.05) is 6.92 Å². The second kappa shape index (κ2) is 5.75. The van der Waals surface area contributed by atoms with E-state index in [0.717, 1.165) is 18.7 Å². The van der Waals surface area contributed by atoms with Gasteiger partial charge >= 0.3 is 0 Å². The predicted octanol–water partition coefficient (Wildman–Crippen LogP) is 2.04. The molecule has 1 aromatic carbocycles. The zero-order valence-corrected chi connectivity index (χ0v) is 10.7. The molecule has 0 aromatic heterocycles. The highest BCUT2D eigenvalue weighted by Gasteiger charge is 2.07. The maximum absolute atomic E-state index is 5.79. The standard InChI is InChI=1S/C13H22N2O/c1-5-11-8-12(6-7-13(11)16-4)15(3)9-10(2)14/h6-8,10H,5,9,14H2,1-4H3. The number of likely N-dealkylation sites (N-methyl/N-ethyl adjacent to an activating group) is 1. The molecule has 2 N–H and O–H groups in total. The van der Waals surface area contributed by atoms with E-state index in [0.29, 0.717) is 0 Å². The lowest BCUT2D eigenvalue weighted by atomic mass is 10.1. The van der Waals surface area contributed by atoms with Gasteiger partial charge in [-0.15, -0.1) is 0 Å². The van der Waals surface area contributed by atoms with Crippen molar-refractivity contribution in [1.29, 1.82) is 0 Å². The van der Waals surface area contributed by atoms with Crippen LogP contribution in [0.2, 0.25) is 0 Å². The van der Waals surface area contributed by atoms with Gasteiger partial charge in [-0.05, 0) is 37.1 Å². The maximum atomic E-state index is 5.79. The van der Waals surface area contributed by atoms with E-state index in [1.54, 1.807) is 7.11 Å². The van der Waals surface area contributed by atoms with Crippen LogP contribution in [0.5, 0.6) is 5.75 Å². The lowest BCUT2D eigenvalue weighted by molar-refractivity contribution is 0.410. The van der Waals surface area contributed by atoms with Crippen LogP contribution in [0.25, 0.3) is 0 Å². The minimum absolute atomic E-state index is 0.178. The zero-order valence-electron chi connectivity index (χ0n) is 10.7. The molecular formula is C13H22N2O. The SMILES string of the molecule is CCc1cc(N(C)CC(C)N)ccc1OC. The highest BCUT2D eigenvalue weighted by atomic mass is 16.5. The minimum atomic E-state index is 0.178. The smallest absolute Gasteiger partial charge is 0.122 e. The topological polar surface area (TPSA) is 38.5 Å². The summed E-state index contributed by atoms with van der Waals surface area (Å²) in [6, 6.07) is 6.44. The first-order chi connectivity index (χ1) is 7.58. The molecule has 0 spiro atoms. The molecule has 1 rings (SSSR count). The number of aryl methyl sites for hydroxylation is 1. The quantitative estimate of drug-likeness (QED) is 0.828. The molecule has 0 saturated carbocycles. The molecule has 0 fully saturated rings. The molecule has 1 atom stereocenters. The van der Waals surface area contributed by atoms with Crippen LogP contribution in [0.1, 0.15) is 19.4 Å². The molecule has 3 heteroatoms. The molecule has 90 valence electrons. The summed E-state index contributed by atoms with van der Waals surface area (Å²) in [5, 5.41) is 0. The van der Waals surface area contributed by atoms with Crippen LogP contribution in [0.3, 0.4) is 0 Å². The summed E-state index contributed by atoms with van der Waals surface area (Å²) < 4.78 is 5.31. The molecule has 0 aliphatic carbocycles. The molecule has 0 radical (unpaired) electrons. The van der Waals surface area contributed by atoms with Gasteiger partial charge in [0, 0.05) is 25.3 Å². The Morgan fingerprint density at radius 3 is 2.62 bits per heavy atom. The van der Waals surface area contributed by atoms with Crippen LogP contribution in [0.4, 0.5) is 5.69 Å². The molecule has 0 aliphatic rings. The van der Waals surface area contributed by atoms with Gasteiger partial charge in [0.25, 0.3) is 0 Å². The molecule has 0 saturated heterocycles. The van der Waals surface area contributed by atoms with Crippen molar-refractivity contribution >= 4 is 5.69 Å². The second-order valence-corrected chi connectivity index (χ2v) is 4.21. The third kappa shape index (κ3) is 3.14. The number of nitrogens with zero attached hydrogens (tertiary/aromatic N) is 1. The Kier molecular flexibility index (Phi) is 4.62. The highest BCUT2D eigenvalue weighted by Crippen LogP contribution is 2.24. The van der Waals surface area contributed by atoms with Crippen LogP contribution < -0.4 is 15.4 Å². The summed E-state index contributed by atoms with van der Waals surface area (Å²) >= 11 is 0. The number of methoxy groups -OCH3 is 1. The van der Waals surface area contributed by atoms with Gasteiger partial charge < -0.3 is 15.4 Å². The van der Waals surface area contributed by atoms with E-state index < -0.39 is 0 Å². The number of hydrogen-bond donors (Lipinski definition) is 1. The molecule has 3 nitrogen and oxygen atoms in total. The molecule has 0 amide bonds. The minimum Gasteiger partial charge on any atom is -0.496 e. The Hall–Kier alpha value is -1.22. The fourth-order valence-electron chi connectivity index (χ4n) is 1.82. The van der Waals surface area contributed by atoms with E-state index in [-0.39, 0.29) is 6.04 Å². The Labute approximate surface area is 98.2 Å². The molecule has 1 unspecified atom stereocenters. The van der Waals surface area contributed by atoms with Crippen LogP contribution >= 0.6 is 0 Å². The van der Waals surface area contributed by atoms with Crippen LogP contribution in [-0.4, -0.2) is 26.7 Å². The first-order valence-electron chi connectivity index (χ1n) is 5.72. The number of rotatable bonds is 5. The average molecular weight is 222 g/mol. The van der Waals surface area contributed by atoms with Gasteiger partial charge in [0.05, 0.1) is 7.11 Å². The van der Waals surface area contributed by atoms with E-state index in [4.69, 9.17) is 10.5 Å². The molecule has 16 heavy (non-hydrogen) atoms. The third-order valence-corrected chi connectivity index (χ3v) is 2.65. The van der Waals surface area contributed by atoms with E-state index in [9.17, 15) is 0 Å². The Morgan fingerprint density at radius 1 is 1.44 bits per heavy atom. The van der Waals surface area contributed by atoms with Gasteiger partial charge in [0.15, 0.2) is 0 Å². The van der Waals surface area contributed by atoms with E-state index >= 15 is 0 Å². The van der Waals surface area contributed by atoms with Crippen molar-refractivity contribution in [3.63, 3.8) is 0 Å². The predicted molar refractivity (Wildman–Crippen MR) is 69.3 cm³/mol. The number of ether oxygens (including phenoxy) is 1. The van der Waals surface area contributed by atoms with E-state index in [1.165, 1.54) is 11.3 Å². The van der Waals surface area contributed by atoms with Crippen molar-refractivity contribution in [2.75, 3.05) is 25.6 Å². The number of nitrogens with two attached hydrogens (primary N) is 1. The lowest BCUT2D eigenvalue weighted by Gasteiger charge is -2.22. The molecular weight excluding hydrogens is 200 g/mol. The van der Waals surface area contributed by atoms with Gasteiger partial charge in [-0.25, -0.2) is 0 Å². The molecule has 1 aromatic rings. The maximum Gasteiger partial charge on any atom is 0.122 e. The van der Waals surface area contributed by atoms with Crippen molar-refractivity contribution in [1.82, 2.24) is 0 Å². The fourth-order valence-corrected chi connectivity index (χ4v) is 1.82. The summed E-state index contributed by atoms with van der Waals surface area (Å²) in [6.45, 7) is 5.00. The summed E-state index contributed by atoms with van der Waals surface area (Å²) in [6.07, 6.45) is 0.975. The van der Waals surface area contributed by atoms with E-state index in [2.05, 4.69) is 31.0 Å². The van der Waals surface area contributed by atoms with Gasteiger partial charge in [-0.2, -0.15) is 0 Å². The zero-order chi connectivity index (χ0) is 12.1. The lowest BCUT2D eigenvalue weighted by Crippen LogP contribution is -2.32. The molecule has 0 aliphatic heterocycles. The van der Waals surface area contributed by atoms with Crippen LogP contribution in [0, 0.1) is 0 Å². The average Bonchev–Trinajstić information content (AvgIpc) is 2.27. The van der Waals surface area contributed by atoms with Crippen LogP contribution in [-0.2, 0) is 6.42 Å². The number of hydrogen-bond acceptors (Lipinski definition) is 3. The van der Waals surface area contributed by atoms with Crippen molar-refractivity contribution in [3.8, 4) is 5.75 Å². The van der Waals surface area contributed by atoms with Gasteiger partial charge in [0.1, 0.15) is 5.75 Å². The third-order valence-electron chi connectivity index (χ3n) is 2.65. The van der Waals surface area contributed by atoms with Gasteiger partial charge in [-0.3, -0.25) is 0 Å². The summed E-state index contributed by atoms with van der Waals surface area (Å²) in [4.78, 5) is 2.17. The van der Waals surface area contributed by atoms with Crippen molar-refractivity contribution in [3.05, 3.63) is 23.8 Å². The number of anilines is 1. The Morgan fingerprint density at radius 2 is 2.12 bits per heavy atom. The monoisotopic (exact) mass is 222 g/mol. The van der Waals surface area contributed by atoms with Gasteiger partial charge in [0.2, 0.25) is 0 Å². The summed E-state index contributed by atoms with van der Waals surface area (Å²) in [5.74, 6) is 0.959. The Bertz CT molecular complexity index is 337. The largest absolute Gasteiger partial charge is 0.496 e. The summed E-state index contributed by atoms with van der Waals surface area (Å²) in [7, 11) is 3.77.